The van der Waals surface area contributed by atoms with Gasteiger partial charge in [-0.25, -0.2) is 0 Å². The lowest BCUT2D eigenvalue weighted by Crippen LogP contribution is -2.28. The summed E-state index contributed by atoms with van der Waals surface area (Å²) in [6.45, 7) is 9.45. The average molecular weight is 319 g/mol. The fourth-order valence-electron chi connectivity index (χ4n) is 1.76. The summed E-state index contributed by atoms with van der Waals surface area (Å²) in [5.41, 5.74) is -0.396. The van der Waals surface area contributed by atoms with Crippen LogP contribution in [0.4, 0.5) is 0 Å². The van der Waals surface area contributed by atoms with Crippen LogP contribution in [-0.2, 0) is 9.53 Å². The molecular formula is C15H27BrO2. The van der Waals surface area contributed by atoms with E-state index < -0.39 is 5.60 Å². The molecule has 0 rings (SSSR count). The van der Waals surface area contributed by atoms with Crippen LogP contribution in [-0.4, -0.2) is 16.9 Å². The van der Waals surface area contributed by atoms with Gasteiger partial charge in [-0.05, 0) is 40.0 Å². The fourth-order valence-corrected chi connectivity index (χ4v) is 2.15. The summed E-state index contributed by atoms with van der Waals surface area (Å²) in [5.74, 6) is -0.103. The summed E-state index contributed by atoms with van der Waals surface area (Å²) < 4.78 is 5.44. The third-order valence-electron chi connectivity index (χ3n) is 2.63. The fraction of sp³-hybridized carbons (Fsp3) is 0.800. The summed E-state index contributed by atoms with van der Waals surface area (Å²) in [7, 11) is 0. The van der Waals surface area contributed by atoms with Crippen molar-refractivity contribution in [1.29, 1.82) is 0 Å². The molecule has 18 heavy (non-hydrogen) atoms. The Bertz CT molecular complexity index is 243. The summed E-state index contributed by atoms with van der Waals surface area (Å²) in [6.07, 6.45) is 8.13. The van der Waals surface area contributed by atoms with Gasteiger partial charge in [0.1, 0.15) is 5.60 Å². The Labute approximate surface area is 120 Å². The first kappa shape index (κ1) is 17.7. The molecule has 0 radical (unpaired) electrons. The minimum atomic E-state index is -0.396. The van der Waals surface area contributed by atoms with Crippen molar-refractivity contribution in [3.8, 4) is 0 Å². The monoisotopic (exact) mass is 318 g/mol. The maximum absolute atomic E-state index is 12.0. The molecule has 106 valence electrons. The van der Waals surface area contributed by atoms with E-state index in [9.17, 15) is 4.79 Å². The van der Waals surface area contributed by atoms with Crippen molar-refractivity contribution in [1.82, 2.24) is 0 Å². The smallest absolute Gasteiger partial charge is 0.309 e. The van der Waals surface area contributed by atoms with E-state index in [-0.39, 0.29) is 11.9 Å². The van der Waals surface area contributed by atoms with Crippen molar-refractivity contribution in [2.45, 2.75) is 64.9 Å². The lowest BCUT2D eigenvalue weighted by Gasteiger charge is -2.23. The Kier molecular flexibility index (Phi) is 9.43. The van der Waals surface area contributed by atoms with Crippen molar-refractivity contribution < 1.29 is 9.53 Å². The molecule has 0 unspecified atom stereocenters. The SMILES string of the molecule is C=CC[C@@H](CCCCCCBr)C(=O)OC(C)(C)C. The number of halogens is 1. The van der Waals surface area contributed by atoms with E-state index in [1.54, 1.807) is 0 Å². The first-order valence-corrected chi connectivity index (χ1v) is 7.92. The van der Waals surface area contributed by atoms with Crippen LogP contribution in [0.25, 0.3) is 0 Å². The van der Waals surface area contributed by atoms with Gasteiger partial charge >= 0.3 is 5.97 Å². The van der Waals surface area contributed by atoms with Crippen molar-refractivity contribution in [3.63, 3.8) is 0 Å². The maximum atomic E-state index is 12.0. The predicted octanol–water partition coefficient (Wildman–Crippen LogP) is 4.87. The highest BCUT2D eigenvalue weighted by atomic mass is 79.9. The molecule has 0 fully saturated rings. The summed E-state index contributed by atoms with van der Waals surface area (Å²) >= 11 is 3.42. The Balaban J connectivity index is 4.05. The molecule has 0 saturated carbocycles. The first-order chi connectivity index (χ1) is 8.40. The van der Waals surface area contributed by atoms with E-state index in [0.717, 1.165) is 18.2 Å². The summed E-state index contributed by atoms with van der Waals surface area (Å²) in [5, 5.41) is 1.06. The molecule has 1 atom stereocenters. The van der Waals surface area contributed by atoms with Gasteiger partial charge in [0.25, 0.3) is 0 Å². The lowest BCUT2D eigenvalue weighted by atomic mass is 9.97. The van der Waals surface area contributed by atoms with Crippen molar-refractivity contribution in [2.75, 3.05) is 5.33 Å². The highest BCUT2D eigenvalue weighted by molar-refractivity contribution is 9.09. The summed E-state index contributed by atoms with van der Waals surface area (Å²) in [6, 6.07) is 0. The highest BCUT2D eigenvalue weighted by Gasteiger charge is 2.23. The van der Waals surface area contributed by atoms with Crippen LogP contribution in [0.3, 0.4) is 0 Å². The van der Waals surface area contributed by atoms with E-state index in [4.69, 9.17) is 4.74 Å². The van der Waals surface area contributed by atoms with Gasteiger partial charge in [-0.1, -0.05) is 41.3 Å². The molecule has 0 aromatic rings. The number of alkyl halides is 1. The molecule has 0 heterocycles. The van der Waals surface area contributed by atoms with Gasteiger partial charge in [-0.3, -0.25) is 4.79 Å². The maximum Gasteiger partial charge on any atom is 0.309 e. The zero-order valence-electron chi connectivity index (χ0n) is 12.0. The zero-order valence-corrected chi connectivity index (χ0v) is 13.6. The Hall–Kier alpha value is -0.310. The highest BCUT2D eigenvalue weighted by Crippen LogP contribution is 2.20. The number of rotatable bonds is 9. The molecule has 0 N–H and O–H groups in total. The topological polar surface area (TPSA) is 26.3 Å². The minimum absolute atomic E-state index is 0.0225. The normalized spacial score (nSPS) is 13.1. The van der Waals surface area contributed by atoms with Gasteiger partial charge in [0.05, 0.1) is 5.92 Å². The number of esters is 1. The summed E-state index contributed by atoms with van der Waals surface area (Å²) in [4.78, 5) is 12.0. The third-order valence-corrected chi connectivity index (χ3v) is 3.19. The number of carbonyl (C=O) groups is 1. The molecule has 0 aliphatic rings. The minimum Gasteiger partial charge on any atom is -0.460 e. The molecule has 0 saturated heterocycles. The van der Waals surface area contributed by atoms with E-state index in [2.05, 4.69) is 22.5 Å². The van der Waals surface area contributed by atoms with Crippen LogP contribution in [0.2, 0.25) is 0 Å². The molecule has 0 aliphatic carbocycles. The number of ether oxygens (including phenoxy) is 1. The third kappa shape index (κ3) is 9.69. The van der Waals surface area contributed by atoms with Crippen molar-refractivity contribution in [2.24, 2.45) is 5.92 Å². The van der Waals surface area contributed by atoms with Crippen molar-refractivity contribution >= 4 is 21.9 Å². The number of hydrogen-bond donors (Lipinski definition) is 0. The number of carbonyl (C=O) groups excluding carboxylic acids is 1. The molecule has 0 amide bonds. The van der Waals surface area contributed by atoms with E-state index in [1.165, 1.54) is 19.3 Å². The second-order valence-electron chi connectivity index (χ2n) is 5.65. The molecule has 0 aromatic heterocycles. The second kappa shape index (κ2) is 9.60. The Morgan fingerprint density at radius 2 is 1.89 bits per heavy atom. The largest absolute Gasteiger partial charge is 0.460 e. The van der Waals surface area contributed by atoms with Gasteiger partial charge in [-0.2, -0.15) is 0 Å². The van der Waals surface area contributed by atoms with Gasteiger partial charge in [0, 0.05) is 5.33 Å². The first-order valence-electron chi connectivity index (χ1n) is 6.80. The van der Waals surface area contributed by atoms with Crippen LogP contribution >= 0.6 is 15.9 Å². The van der Waals surface area contributed by atoms with Crippen LogP contribution in [0.15, 0.2) is 12.7 Å². The quantitative estimate of drug-likeness (QED) is 0.262. The second-order valence-corrected chi connectivity index (χ2v) is 6.44. The lowest BCUT2D eigenvalue weighted by molar-refractivity contribution is -0.160. The average Bonchev–Trinajstić information content (AvgIpc) is 2.25. The molecular weight excluding hydrogens is 292 g/mol. The molecule has 2 nitrogen and oxygen atoms in total. The van der Waals surface area contributed by atoms with Crippen LogP contribution < -0.4 is 0 Å². The van der Waals surface area contributed by atoms with Crippen molar-refractivity contribution in [3.05, 3.63) is 12.7 Å². The number of unbranched alkanes of at least 4 members (excludes halogenated alkanes) is 3. The molecule has 0 bridgehead atoms. The molecule has 0 aliphatic heterocycles. The molecule has 3 heteroatoms. The number of hydrogen-bond acceptors (Lipinski definition) is 2. The Morgan fingerprint density at radius 3 is 2.39 bits per heavy atom. The van der Waals surface area contributed by atoms with Gasteiger partial charge in [0.2, 0.25) is 0 Å². The van der Waals surface area contributed by atoms with Crippen LogP contribution in [0, 0.1) is 5.92 Å². The Morgan fingerprint density at radius 1 is 1.28 bits per heavy atom. The van der Waals surface area contributed by atoms with Gasteiger partial charge in [0.15, 0.2) is 0 Å². The van der Waals surface area contributed by atoms with Crippen LogP contribution in [0.5, 0.6) is 0 Å². The molecule has 0 spiro atoms. The van der Waals surface area contributed by atoms with Crippen LogP contribution in [0.1, 0.15) is 59.3 Å². The molecule has 0 aromatic carbocycles. The van der Waals surface area contributed by atoms with E-state index in [1.807, 2.05) is 26.8 Å². The predicted molar refractivity (Wildman–Crippen MR) is 81.0 cm³/mol. The standard InChI is InChI=1S/C15H27BrO2/c1-5-10-13(11-8-6-7-9-12-16)14(17)18-15(2,3)4/h5,13H,1,6-12H2,2-4H3/t13-/m0/s1. The van der Waals surface area contributed by atoms with E-state index in [0.29, 0.717) is 6.42 Å². The van der Waals surface area contributed by atoms with Gasteiger partial charge in [-0.15, -0.1) is 6.58 Å². The number of allylic oxidation sites excluding steroid dienone is 1. The van der Waals surface area contributed by atoms with E-state index >= 15 is 0 Å². The van der Waals surface area contributed by atoms with Gasteiger partial charge < -0.3 is 4.74 Å². The zero-order chi connectivity index (χ0) is 14.0.